The molecular weight excluding hydrogens is 300 g/mol. The van der Waals surface area contributed by atoms with Crippen LogP contribution in [0.15, 0.2) is 24.3 Å². The maximum atomic E-state index is 10.9. The van der Waals surface area contributed by atoms with Crippen molar-refractivity contribution in [3.63, 3.8) is 0 Å². The number of nitrogens with zero attached hydrogens (tertiary/aromatic N) is 2. The first-order valence-electron chi connectivity index (χ1n) is 5.51. The predicted molar refractivity (Wildman–Crippen MR) is 73.1 cm³/mol. The number of rotatable bonds is 6. The molecule has 114 valence electrons. The second-order valence-electron chi connectivity index (χ2n) is 3.83. The molecule has 0 heterocycles. The molecule has 0 aromatic heterocycles. The van der Waals surface area contributed by atoms with Crippen molar-refractivity contribution in [1.29, 1.82) is 0 Å². The van der Waals surface area contributed by atoms with Crippen molar-refractivity contribution in [3.05, 3.63) is 55.6 Å². The van der Waals surface area contributed by atoms with Gasteiger partial charge in [0.1, 0.15) is 0 Å². The molecule has 0 aliphatic carbocycles. The Balaban J connectivity index is 3.58. The van der Waals surface area contributed by atoms with Crippen LogP contribution in [-0.2, 0) is 9.59 Å². The van der Waals surface area contributed by atoms with Gasteiger partial charge in [0.05, 0.1) is 27.0 Å². The third-order valence-electron chi connectivity index (χ3n) is 2.38. The highest BCUT2D eigenvalue weighted by molar-refractivity contribution is 5.89. The molecule has 10 nitrogen and oxygen atoms in total. The summed E-state index contributed by atoms with van der Waals surface area (Å²) in [6.07, 6.45) is 3.03. The topological polar surface area (TPSA) is 161 Å². The Morgan fingerprint density at radius 2 is 1.23 bits per heavy atom. The van der Waals surface area contributed by atoms with Crippen LogP contribution in [0.5, 0.6) is 0 Å². The molecule has 0 fully saturated rings. The van der Waals surface area contributed by atoms with E-state index in [1.807, 2.05) is 0 Å². The number of carbonyl (C=O) groups is 2. The van der Waals surface area contributed by atoms with Crippen molar-refractivity contribution < 1.29 is 29.6 Å². The molecule has 0 radical (unpaired) electrons. The van der Waals surface area contributed by atoms with Gasteiger partial charge >= 0.3 is 11.9 Å². The molecule has 22 heavy (non-hydrogen) atoms. The zero-order valence-electron chi connectivity index (χ0n) is 10.7. The summed E-state index contributed by atoms with van der Waals surface area (Å²) in [6.45, 7) is 0. The normalized spacial score (nSPS) is 10.9. The first-order valence-corrected chi connectivity index (χ1v) is 5.51. The summed E-state index contributed by atoms with van der Waals surface area (Å²) >= 11 is 0. The molecule has 0 saturated heterocycles. The molecule has 0 saturated carbocycles. The van der Waals surface area contributed by atoms with Gasteiger partial charge in [-0.05, 0) is 18.2 Å². The van der Waals surface area contributed by atoms with Crippen LogP contribution in [0.25, 0.3) is 12.2 Å². The minimum atomic E-state index is -1.37. The first-order chi connectivity index (χ1) is 10.2. The molecule has 0 atom stereocenters. The lowest BCUT2D eigenvalue weighted by Crippen LogP contribution is -1.99. The lowest BCUT2D eigenvalue weighted by Gasteiger charge is -2.02. The smallest absolute Gasteiger partial charge is 0.328 e. The summed E-state index contributed by atoms with van der Waals surface area (Å²) in [4.78, 5) is 41.0. The molecule has 1 rings (SSSR count). The largest absolute Gasteiger partial charge is 0.478 e. The van der Waals surface area contributed by atoms with Gasteiger partial charge < -0.3 is 10.2 Å². The minimum absolute atomic E-state index is 0.206. The number of hydrogen-bond donors (Lipinski definition) is 2. The summed E-state index contributed by atoms with van der Waals surface area (Å²) in [7, 11) is 0. The van der Waals surface area contributed by atoms with E-state index in [9.17, 15) is 29.8 Å². The second-order valence-corrected chi connectivity index (χ2v) is 3.83. The van der Waals surface area contributed by atoms with E-state index in [4.69, 9.17) is 10.2 Å². The van der Waals surface area contributed by atoms with Crippen molar-refractivity contribution in [3.8, 4) is 0 Å². The molecule has 10 heteroatoms. The third-order valence-corrected chi connectivity index (χ3v) is 2.38. The summed E-state index contributed by atoms with van der Waals surface area (Å²) in [5.74, 6) is -2.73. The van der Waals surface area contributed by atoms with Crippen LogP contribution < -0.4 is 0 Å². The predicted octanol–water partition coefficient (Wildman–Crippen LogP) is 1.70. The average molecular weight is 308 g/mol. The quantitative estimate of drug-likeness (QED) is 0.455. The number of nitro benzene ring substituents is 2. The van der Waals surface area contributed by atoms with Gasteiger partial charge in [-0.1, -0.05) is 0 Å². The Bertz CT molecular complexity index is 663. The number of carboxylic acids is 2. The standard InChI is InChI=1S/C12H8N2O8/c15-11(16)3-1-7-5-8(2-4-12(17)18)10(14(21)22)6-9(7)13(19)20/h1-6H,(H,15,16)(H,17,18). The van der Waals surface area contributed by atoms with Crippen molar-refractivity contribution in [2.75, 3.05) is 0 Å². The zero-order valence-corrected chi connectivity index (χ0v) is 10.7. The number of nitro groups is 2. The van der Waals surface area contributed by atoms with E-state index >= 15 is 0 Å². The van der Waals surface area contributed by atoms with Gasteiger partial charge in [0, 0.05) is 12.2 Å². The van der Waals surface area contributed by atoms with Crippen LogP contribution in [-0.4, -0.2) is 32.0 Å². The highest BCUT2D eigenvalue weighted by Gasteiger charge is 2.22. The fourth-order valence-electron chi connectivity index (χ4n) is 1.52. The van der Waals surface area contributed by atoms with Crippen LogP contribution in [0, 0.1) is 20.2 Å². The summed E-state index contributed by atoms with van der Waals surface area (Å²) in [5, 5.41) is 38.9. The number of aliphatic carboxylic acids is 2. The second kappa shape index (κ2) is 6.74. The van der Waals surface area contributed by atoms with Gasteiger partial charge in [0.2, 0.25) is 0 Å². The first kappa shape index (κ1) is 16.5. The average Bonchev–Trinajstić information content (AvgIpc) is 2.41. The van der Waals surface area contributed by atoms with Gasteiger partial charge in [0.25, 0.3) is 11.4 Å². The fourth-order valence-corrected chi connectivity index (χ4v) is 1.52. The van der Waals surface area contributed by atoms with E-state index in [2.05, 4.69) is 0 Å². The van der Waals surface area contributed by atoms with Crippen LogP contribution >= 0.6 is 0 Å². The molecule has 0 unspecified atom stereocenters. The van der Waals surface area contributed by atoms with Crippen molar-refractivity contribution in [2.24, 2.45) is 0 Å². The highest BCUT2D eigenvalue weighted by atomic mass is 16.6. The van der Waals surface area contributed by atoms with Crippen molar-refractivity contribution in [1.82, 2.24) is 0 Å². The van der Waals surface area contributed by atoms with E-state index in [-0.39, 0.29) is 11.1 Å². The molecule has 1 aromatic rings. The molecule has 0 amide bonds. The van der Waals surface area contributed by atoms with Crippen LogP contribution in [0.2, 0.25) is 0 Å². The van der Waals surface area contributed by atoms with Crippen LogP contribution in [0.1, 0.15) is 11.1 Å². The zero-order chi connectivity index (χ0) is 16.9. The van der Waals surface area contributed by atoms with E-state index in [1.54, 1.807) is 0 Å². The van der Waals surface area contributed by atoms with Crippen molar-refractivity contribution in [2.45, 2.75) is 0 Å². The van der Waals surface area contributed by atoms with Gasteiger partial charge in [-0.25, -0.2) is 9.59 Å². The maximum Gasteiger partial charge on any atom is 0.328 e. The minimum Gasteiger partial charge on any atom is -0.478 e. The number of carboxylic acid groups (broad SMARTS) is 2. The van der Waals surface area contributed by atoms with E-state index < -0.39 is 33.2 Å². The summed E-state index contributed by atoms with van der Waals surface area (Å²) < 4.78 is 0. The fraction of sp³-hybridized carbons (Fsp3) is 0. The monoisotopic (exact) mass is 308 g/mol. The molecule has 0 spiro atoms. The Morgan fingerprint density at radius 3 is 1.50 bits per heavy atom. The van der Waals surface area contributed by atoms with Crippen LogP contribution in [0.3, 0.4) is 0 Å². The molecule has 0 aliphatic heterocycles. The number of benzene rings is 1. The summed E-state index contributed by atoms with van der Waals surface area (Å²) in [6, 6.07) is 1.61. The van der Waals surface area contributed by atoms with Gasteiger partial charge in [-0.15, -0.1) is 0 Å². The van der Waals surface area contributed by atoms with E-state index in [1.165, 1.54) is 0 Å². The Morgan fingerprint density at radius 1 is 0.864 bits per heavy atom. The number of hydrogen-bond acceptors (Lipinski definition) is 6. The van der Waals surface area contributed by atoms with Gasteiger partial charge in [-0.2, -0.15) is 0 Å². The maximum absolute atomic E-state index is 10.9. The lowest BCUT2D eigenvalue weighted by molar-refractivity contribution is -0.394. The lowest BCUT2D eigenvalue weighted by atomic mass is 10.0. The Hall–Kier alpha value is -3.56. The summed E-state index contributed by atoms with van der Waals surface area (Å²) in [5.41, 5.74) is -1.75. The molecular formula is C12H8N2O8. The SMILES string of the molecule is O=C(O)C=Cc1cc(C=CC(=O)O)c([N+](=O)[O-])cc1[N+](=O)[O-]. The van der Waals surface area contributed by atoms with E-state index in [0.717, 1.165) is 18.2 Å². The van der Waals surface area contributed by atoms with Crippen LogP contribution in [0.4, 0.5) is 11.4 Å². The van der Waals surface area contributed by atoms with E-state index in [0.29, 0.717) is 18.2 Å². The van der Waals surface area contributed by atoms with Crippen molar-refractivity contribution >= 4 is 35.5 Å². The van der Waals surface area contributed by atoms with Gasteiger partial charge in [-0.3, -0.25) is 20.2 Å². The highest BCUT2D eigenvalue weighted by Crippen LogP contribution is 2.30. The Kier molecular flexibility index (Phi) is 5.06. The molecule has 0 aliphatic rings. The molecule has 0 bridgehead atoms. The van der Waals surface area contributed by atoms with Gasteiger partial charge in [0.15, 0.2) is 0 Å². The Labute approximate surface area is 121 Å². The third kappa shape index (κ3) is 4.23. The molecule has 2 N–H and O–H groups in total. The molecule has 1 aromatic carbocycles.